The smallest absolute Gasteiger partial charge is 0.264 e. The van der Waals surface area contributed by atoms with Crippen molar-refractivity contribution in [3.63, 3.8) is 0 Å². The summed E-state index contributed by atoms with van der Waals surface area (Å²) in [6, 6.07) is 16.5. The zero-order valence-corrected chi connectivity index (χ0v) is 22.5. The van der Waals surface area contributed by atoms with E-state index >= 15 is 0 Å². The average molecular weight is 566 g/mol. The van der Waals surface area contributed by atoms with Crippen molar-refractivity contribution < 1.29 is 22.4 Å². The van der Waals surface area contributed by atoms with E-state index in [1.807, 2.05) is 0 Å². The summed E-state index contributed by atoms with van der Waals surface area (Å²) in [4.78, 5) is 27.5. The van der Waals surface area contributed by atoms with Crippen LogP contribution in [0.2, 0.25) is 10.0 Å². The number of sulfonamides is 1. The molecule has 0 bridgehead atoms. The Kier molecular flexibility index (Phi) is 9.53. The van der Waals surface area contributed by atoms with Crippen molar-refractivity contribution in [2.24, 2.45) is 0 Å². The Labute approximate surface area is 225 Å². The van der Waals surface area contributed by atoms with Crippen molar-refractivity contribution in [2.75, 3.05) is 17.4 Å². The van der Waals surface area contributed by atoms with Crippen molar-refractivity contribution in [2.45, 2.75) is 31.3 Å². The highest BCUT2D eigenvalue weighted by atomic mass is 35.5. The Hall–Kier alpha value is -3.14. The first-order valence-corrected chi connectivity index (χ1v) is 13.6. The second-order valence-electron chi connectivity index (χ2n) is 8.12. The molecule has 0 aliphatic carbocycles. The molecule has 196 valence electrons. The molecule has 0 aliphatic rings. The third-order valence-corrected chi connectivity index (χ3v) is 8.10. The molecular formula is C26H26Cl2FN3O4S. The first-order valence-electron chi connectivity index (χ1n) is 11.4. The minimum absolute atomic E-state index is 0.0650. The molecule has 0 spiro atoms. The fourth-order valence-corrected chi connectivity index (χ4v) is 5.39. The van der Waals surface area contributed by atoms with Crippen LogP contribution in [-0.2, 0) is 26.2 Å². The zero-order valence-electron chi connectivity index (χ0n) is 20.2. The predicted molar refractivity (Wildman–Crippen MR) is 143 cm³/mol. The van der Waals surface area contributed by atoms with Crippen molar-refractivity contribution in [1.29, 1.82) is 0 Å². The number of hydrogen-bond acceptors (Lipinski definition) is 4. The summed E-state index contributed by atoms with van der Waals surface area (Å²) < 4.78 is 42.7. The number of carbonyl (C=O) groups is 2. The van der Waals surface area contributed by atoms with E-state index in [0.29, 0.717) is 21.4 Å². The number of anilines is 1. The van der Waals surface area contributed by atoms with Gasteiger partial charge in [0.15, 0.2) is 0 Å². The fraction of sp³-hybridized carbons (Fsp3) is 0.231. The van der Waals surface area contributed by atoms with Crippen LogP contribution >= 0.6 is 23.2 Å². The highest BCUT2D eigenvalue weighted by Gasteiger charge is 2.33. The minimum atomic E-state index is -4.34. The van der Waals surface area contributed by atoms with Gasteiger partial charge >= 0.3 is 0 Å². The molecule has 0 aromatic heterocycles. The lowest BCUT2D eigenvalue weighted by Gasteiger charge is -2.32. The third-order valence-electron chi connectivity index (χ3n) is 5.59. The van der Waals surface area contributed by atoms with Crippen LogP contribution in [0, 0.1) is 5.82 Å². The number of likely N-dealkylation sites (N-methyl/N-ethyl adjacent to an activating group) is 1. The summed E-state index contributed by atoms with van der Waals surface area (Å²) in [7, 11) is -4.34. The van der Waals surface area contributed by atoms with Gasteiger partial charge < -0.3 is 10.2 Å². The average Bonchev–Trinajstić information content (AvgIpc) is 2.88. The van der Waals surface area contributed by atoms with E-state index in [1.165, 1.54) is 54.3 Å². The largest absolute Gasteiger partial charge is 0.355 e. The van der Waals surface area contributed by atoms with Crippen molar-refractivity contribution in [3.05, 3.63) is 94.2 Å². The number of carbonyl (C=O) groups excluding carboxylic acids is 2. The summed E-state index contributed by atoms with van der Waals surface area (Å²) in [5.74, 6) is -1.96. The summed E-state index contributed by atoms with van der Waals surface area (Å²) >= 11 is 12.1. The van der Waals surface area contributed by atoms with E-state index in [1.54, 1.807) is 31.2 Å². The molecule has 3 aromatic carbocycles. The lowest BCUT2D eigenvalue weighted by Crippen LogP contribution is -2.51. The minimum Gasteiger partial charge on any atom is -0.355 e. The maximum atomic E-state index is 14.8. The summed E-state index contributed by atoms with van der Waals surface area (Å²) in [6.45, 7) is 2.79. The molecular weight excluding hydrogens is 540 g/mol. The maximum Gasteiger partial charge on any atom is 0.264 e. The normalized spacial score (nSPS) is 12.0. The SMILES string of the molecule is CCNC(=O)[C@H](C)N(Cc1ccc(Cl)c(Cl)c1)C(=O)CN(c1ccccc1F)S(=O)(=O)c1ccccc1. The van der Waals surface area contributed by atoms with Crippen LogP contribution in [0.5, 0.6) is 0 Å². The topological polar surface area (TPSA) is 86.8 Å². The van der Waals surface area contributed by atoms with Crippen molar-refractivity contribution in [1.82, 2.24) is 10.2 Å². The van der Waals surface area contributed by atoms with Gasteiger partial charge in [-0.2, -0.15) is 0 Å². The van der Waals surface area contributed by atoms with E-state index < -0.39 is 40.2 Å². The molecule has 2 amide bonds. The lowest BCUT2D eigenvalue weighted by atomic mass is 10.1. The molecule has 1 atom stereocenters. The third kappa shape index (κ3) is 6.80. The van der Waals surface area contributed by atoms with Crippen LogP contribution < -0.4 is 9.62 Å². The Morgan fingerprint density at radius 3 is 2.24 bits per heavy atom. The molecule has 0 unspecified atom stereocenters. The lowest BCUT2D eigenvalue weighted by molar-refractivity contribution is -0.139. The number of amides is 2. The van der Waals surface area contributed by atoms with E-state index in [0.717, 1.165) is 6.07 Å². The molecule has 11 heteroatoms. The molecule has 1 N–H and O–H groups in total. The van der Waals surface area contributed by atoms with Crippen molar-refractivity contribution in [3.8, 4) is 0 Å². The molecule has 3 aromatic rings. The number of hydrogen-bond donors (Lipinski definition) is 1. The highest BCUT2D eigenvalue weighted by Crippen LogP contribution is 2.27. The molecule has 3 rings (SSSR count). The molecule has 0 saturated heterocycles. The molecule has 0 heterocycles. The van der Waals surface area contributed by atoms with Crippen molar-refractivity contribution >= 4 is 50.7 Å². The summed E-state index contributed by atoms with van der Waals surface area (Å²) in [5, 5.41) is 3.25. The van der Waals surface area contributed by atoms with Gasteiger partial charge in [0.1, 0.15) is 18.4 Å². The summed E-state index contributed by atoms with van der Waals surface area (Å²) in [6.07, 6.45) is 0. The predicted octanol–water partition coefficient (Wildman–Crippen LogP) is 4.88. The van der Waals surface area contributed by atoms with Gasteiger partial charge in [-0.25, -0.2) is 12.8 Å². The standard InChI is InChI=1S/C26H26Cl2FN3O4S/c1-3-30-26(34)18(2)31(16-19-13-14-21(27)22(28)15-19)25(33)17-32(24-12-8-7-11-23(24)29)37(35,36)20-9-5-4-6-10-20/h4-15,18H,3,16-17H2,1-2H3,(H,30,34)/t18-/m0/s1. The first kappa shape index (κ1) is 28.4. The van der Waals surface area contributed by atoms with Gasteiger partial charge in [-0.3, -0.25) is 13.9 Å². The van der Waals surface area contributed by atoms with E-state index in [-0.39, 0.29) is 22.2 Å². The maximum absolute atomic E-state index is 14.8. The van der Waals surface area contributed by atoms with Gasteiger partial charge in [-0.15, -0.1) is 0 Å². The quantitative estimate of drug-likeness (QED) is 0.379. The fourth-order valence-electron chi connectivity index (χ4n) is 3.63. The van der Waals surface area contributed by atoms with Gasteiger partial charge in [0.05, 0.1) is 20.6 Å². The second-order valence-corrected chi connectivity index (χ2v) is 10.8. The number of nitrogens with zero attached hydrogens (tertiary/aromatic N) is 2. The van der Waals surface area contributed by atoms with Gasteiger partial charge in [0.2, 0.25) is 11.8 Å². The van der Waals surface area contributed by atoms with E-state index in [9.17, 15) is 22.4 Å². The molecule has 0 saturated carbocycles. The zero-order chi connectivity index (χ0) is 27.2. The van der Waals surface area contributed by atoms with Crippen LogP contribution in [-0.4, -0.2) is 44.3 Å². The Bertz CT molecular complexity index is 1370. The Morgan fingerprint density at radius 1 is 0.973 bits per heavy atom. The Morgan fingerprint density at radius 2 is 1.62 bits per heavy atom. The van der Waals surface area contributed by atoms with E-state index in [4.69, 9.17) is 23.2 Å². The van der Waals surface area contributed by atoms with Crippen LogP contribution in [0.4, 0.5) is 10.1 Å². The van der Waals surface area contributed by atoms with Crippen LogP contribution in [0.3, 0.4) is 0 Å². The second kappa shape index (κ2) is 12.4. The van der Waals surface area contributed by atoms with Gasteiger partial charge in [0.25, 0.3) is 10.0 Å². The van der Waals surface area contributed by atoms with Crippen LogP contribution in [0.1, 0.15) is 19.4 Å². The van der Waals surface area contributed by atoms with E-state index in [2.05, 4.69) is 5.32 Å². The molecule has 0 fully saturated rings. The molecule has 7 nitrogen and oxygen atoms in total. The van der Waals surface area contributed by atoms with Gasteiger partial charge in [-0.1, -0.05) is 59.6 Å². The monoisotopic (exact) mass is 565 g/mol. The number of halogens is 3. The number of para-hydroxylation sites is 1. The van der Waals surface area contributed by atoms with Crippen LogP contribution in [0.15, 0.2) is 77.7 Å². The first-order chi connectivity index (χ1) is 17.6. The molecule has 0 radical (unpaired) electrons. The number of benzene rings is 3. The highest BCUT2D eigenvalue weighted by molar-refractivity contribution is 7.92. The van der Waals surface area contributed by atoms with Gasteiger partial charge in [-0.05, 0) is 55.8 Å². The molecule has 0 aliphatic heterocycles. The summed E-state index contributed by atoms with van der Waals surface area (Å²) in [5.41, 5.74) is 0.280. The number of rotatable bonds is 10. The number of nitrogens with one attached hydrogen (secondary N) is 1. The van der Waals surface area contributed by atoms with Crippen LogP contribution in [0.25, 0.3) is 0 Å². The van der Waals surface area contributed by atoms with Gasteiger partial charge in [0, 0.05) is 13.1 Å². The Balaban J connectivity index is 2.04. The molecule has 37 heavy (non-hydrogen) atoms.